The number of aliphatic imine (C=N–C) groups is 1. The molecule has 0 aliphatic carbocycles. The van der Waals surface area contributed by atoms with Gasteiger partial charge in [0.1, 0.15) is 17.7 Å². The number of hydrogen-bond donors (Lipinski definition) is 1. The maximum Gasteiger partial charge on any atom is 0.132 e. The van der Waals surface area contributed by atoms with E-state index >= 15 is 0 Å². The molecule has 1 aliphatic rings. The second-order valence-corrected chi connectivity index (χ2v) is 5.55. The third-order valence-corrected chi connectivity index (χ3v) is 4.17. The maximum atomic E-state index is 4.74. The fourth-order valence-corrected chi connectivity index (χ4v) is 3.00. The van der Waals surface area contributed by atoms with Crippen molar-refractivity contribution in [3.63, 3.8) is 0 Å². The van der Waals surface area contributed by atoms with Crippen molar-refractivity contribution in [3.8, 4) is 0 Å². The van der Waals surface area contributed by atoms with Crippen LogP contribution in [-0.4, -0.2) is 22.3 Å². The van der Waals surface area contributed by atoms with Gasteiger partial charge in [-0.05, 0) is 11.1 Å². The third-order valence-electron chi connectivity index (χ3n) is 4.17. The molecule has 23 heavy (non-hydrogen) atoms. The lowest BCUT2D eigenvalue weighted by Crippen LogP contribution is -2.44. The highest BCUT2D eigenvalue weighted by Crippen LogP contribution is 2.33. The lowest BCUT2D eigenvalue weighted by Gasteiger charge is -2.31. The molecule has 4 heteroatoms. The van der Waals surface area contributed by atoms with Gasteiger partial charge in [-0.3, -0.25) is 4.99 Å². The van der Waals surface area contributed by atoms with Gasteiger partial charge in [-0.2, -0.15) is 0 Å². The monoisotopic (exact) mass is 300 g/mol. The summed E-state index contributed by atoms with van der Waals surface area (Å²) in [7, 11) is 0. The van der Waals surface area contributed by atoms with Gasteiger partial charge in [0, 0.05) is 12.4 Å². The number of benzene rings is 2. The fraction of sp³-hybridized carbons (Fsp3) is 0.105. The molecule has 1 aromatic heterocycles. The average Bonchev–Trinajstić information content (AvgIpc) is 3.11. The lowest BCUT2D eigenvalue weighted by atomic mass is 9.83. The van der Waals surface area contributed by atoms with Crippen molar-refractivity contribution < 1.29 is 0 Å². The first-order valence-electron chi connectivity index (χ1n) is 7.57. The second kappa shape index (κ2) is 5.65. The van der Waals surface area contributed by atoms with E-state index in [9.17, 15) is 0 Å². The molecule has 0 atom stereocenters. The molecule has 4 nitrogen and oxygen atoms in total. The maximum absolute atomic E-state index is 4.74. The first-order chi connectivity index (χ1) is 11.4. The van der Waals surface area contributed by atoms with Gasteiger partial charge in [0.25, 0.3) is 0 Å². The normalized spacial score (nSPS) is 15.7. The van der Waals surface area contributed by atoms with Crippen LogP contribution in [0.3, 0.4) is 0 Å². The summed E-state index contributed by atoms with van der Waals surface area (Å²) in [5, 5.41) is 3.62. The highest BCUT2D eigenvalue weighted by atomic mass is 15.2. The smallest absolute Gasteiger partial charge is 0.132 e. The molecular formula is C19H16N4. The van der Waals surface area contributed by atoms with Crippen LogP contribution >= 0.6 is 0 Å². The molecule has 0 saturated heterocycles. The van der Waals surface area contributed by atoms with E-state index in [2.05, 4.69) is 63.8 Å². The molecule has 1 aliphatic heterocycles. The Balaban J connectivity index is 1.78. The van der Waals surface area contributed by atoms with Crippen molar-refractivity contribution >= 4 is 5.84 Å². The van der Waals surface area contributed by atoms with E-state index in [1.807, 2.05) is 12.1 Å². The molecule has 0 radical (unpaired) electrons. The van der Waals surface area contributed by atoms with Crippen molar-refractivity contribution in [3.05, 3.63) is 96.1 Å². The molecule has 1 N–H and O–H groups in total. The summed E-state index contributed by atoms with van der Waals surface area (Å²) in [6.45, 7) is 0.644. The SMILES string of the molecule is c1ccc(C2(c3ccccc3)CN=C(c3cncnc3)N2)cc1. The van der Waals surface area contributed by atoms with Crippen LogP contribution in [0, 0.1) is 0 Å². The summed E-state index contributed by atoms with van der Waals surface area (Å²) in [6, 6.07) is 20.9. The Morgan fingerprint density at radius 3 is 1.91 bits per heavy atom. The molecule has 0 bridgehead atoms. The van der Waals surface area contributed by atoms with E-state index < -0.39 is 0 Å². The summed E-state index contributed by atoms with van der Waals surface area (Å²) in [5.41, 5.74) is 2.94. The minimum Gasteiger partial charge on any atom is -0.354 e. The Morgan fingerprint density at radius 1 is 0.783 bits per heavy atom. The first kappa shape index (κ1) is 13.6. The molecule has 4 rings (SSSR count). The van der Waals surface area contributed by atoms with Crippen molar-refractivity contribution in [2.45, 2.75) is 5.54 Å². The Morgan fingerprint density at radius 2 is 1.35 bits per heavy atom. The summed E-state index contributed by atoms with van der Waals surface area (Å²) in [5.74, 6) is 0.832. The van der Waals surface area contributed by atoms with Crippen molar-refractivity contribution in [2.75, 3.05) is 6.54 Å². The van der Waals surface area contributed by atoms with Crippen LogP contribution in [0.25, 0.3) is 0 Å². The van der Waals surface area contributed by atoms with Gasteiger partial charge in [0.05, 0.1) is 12.1 Å². The zero-order valence-electron chi connectivity index (χ0n) is 12.6. The van der Waals surface area contributed by atoms with Crippen molar-refractivity contribution in [2.24, 2.45) is 4.99 Å². The van der Waals surface area contributed by atoms with Crippen molar-refractivity contribution in [1.29, 1.82) is 0 Å². The van der Waals surface area contributed by atoms with Crippen molar-refractivity contribution in [1.82, 2.24) is 15.3 Å². The standard InChI is InChI=1S/C19H16N4/c1-3-7-16(8-4-1)19(17-9-5-2-6-10-17)13-22-18(23-19)15-11-20-14-21-12-15/h1-12,14H,13H2,(H,22,23). The number of aromatic nitrogens is 2. The van der Waals surface area contributed by atoms with Crippen LogP contribution in [0.2, 0.25) is 0 Å². The van der Waals surface area contributed by atoms with Crippen LogP contribution in [0.15, 0.2) is 84.4 Å². The van der Waals surface area contributed by atoms with Gasteiger partial charge in [-0.1, -0.05) is 60.7 Å². The first-order valence-corrected chi connectivity index (χ1v) is 7.57. The largest absolute Gasteiger partial charge is 0.354 e. The molecule has 0 spiro atoms. The van der Waals surface area contributed by atoms with Gasteiger partial charge >= 0.3 is 0 Å². The van der Waals surface area contributed by atoms with Crippen LogP contribution in [-0.2, 0) is 5.54 Å². The van der Waals surface area contributed by atoms with E-state index in [4.69, 9.17) is 4.99 Å². The highest BCUT2D eigenvalue weighted by molar-refractivity contribution is 6.00. The predicted molar refractivity (Wildman–Crippen MR) is 90.2 cm³/mol. The molecule has 2 aromatic carbocycles. The summed E-state index contributed by atoms with van der Waals surface area (Å²) in [6.07, 6.45) is 5.09. The lowest BCUT2D eigenvalue weighted by molar-refractivity contribution is 0.524. The fourth-order valence-electron chi connectivity index (χ4n) is 3.00. The van der Waals surface area contributed by atoms with Gasteiger partial charge in [-0.15, -0.1) is 0 Å². The number of nitrogens with one attached hydrogen (secondary N) is 1. The molecular weight excluding hydrogens is 284 g/mol. The van der Waals surface area contributed by atoms with E-state index in [0.29, 0.717) is 6.54 Å². The van der Waals surface area contributed by atoms with E-state index in [1.165, 1.54) is 17.5 Å². The van der Waals surface area contributed by atoms with E-state index in [-0.39, 0.29) is 5.54 Å². The molecule has 112 valence electrons. The summed E-state index contributed by atoms with van der Waals surface area (Å²) in [4.78, 5) is 12.9. The van der Waals surface area contributed by atoms with E-state index in [1.54, 1.807) is 12.4 Å². The minimum atomic E-state index is -0.353. The average molecular weight is 300 g/mol. The van der Waals surface area contributed by atoms with Crippen LogP contribution in [0.4, 0.5) is 0 Å². The number of amidine groups is 1. The molecule has 0 unspecified atom stereocenters. The molecule has 0 fully saturated rings. The molecule has 0 amide bonds. The molecule has 2 heterocycles. The summed E-state index contributed by atoms with van der Waals surface area (Å²) >= 11 is 0. The second-order valence-electron chi connectivity index (χ2n) is 5.55. The molecule has 0 saturated carbocycles. The summed E-state index contributed by atoms with van der Waals surface area (Å²) < 4.78 is 0. The van der Waals surface area contributed by atoms with Gasteiger partial charge in [0.2, 0.25) is 0 Å². The van der Waals surface area contributed by atoms with Crippen LogP contribution in [0.5, 0.6) is 0 Å². The third kappa shape index (κ3) is 2.38. The Kier molecular flexibility index (Phi) is 3.35. The zero-order chi connectivity index (χ0) is 15.5. The van der Waals surface area contributed by atoms with Gasteiger partial charge in [-0.25, -0.2) is 9.97 Å². The Hall–Kier alpha value is -3.01. The topological polar surface area (TPSA) is 50.2 Å². The van der Waals surface area contributed by atoms with Crippen LogP contribution < -0.4 is 5.32 Å². The zero-order valence-corrected chi connectivity index (χ0v) is 12.6. The predicted octanol–water partition coefficient (Wildman–Crippen LogP) is 2.77. The number of rotatable bonds is 3. The van der Waals surface area contributed by atoms with Gasteiger partial charge in [0.15, 0.2) is 0 Å². The highest BCUT2D eigenvalue weighted by Gasteiger charge is 2.39. The molecule has 3 aromatic rings. The van der Waals surface area contributed by atoms with Crippen LogP contribution in [0.1, 0.15) is 16.7 Å². The quantitative estimate of drug-likeness (QED) is 0.809. The Labute approximate surface area is 135 Å². The van der Waals surface area contributed by atoms with Gasteiger partial charge < -0.3 is 5.32 Å². The minimum absolute atomic E-state index is 0.353. The number of nitrogens with zero attached hydrogens (tertiary/aromatic N) is 3. The van der Waals surface area contributed by atoms with E-state index in [0.717, 1.165) is 11.4 Å². The number of hydrogen-bond acceptors (Lipinski definition) is 4. The Bertz CT molecular complexity index is 774.